The number of anilines is 1. The van der Waals surface area contributed by atoms with Gasteiger partial charge in [0.2, 0.25) is 0 Å². The summed E-state index contributed by atoms with van der Waals surface area (Å²) in [4.78, 5) is 44.2. The number of hydrogen-bond donors (Lipinski definition) is 1. The lowest BCUT2D eigenvalue weighted by molar-refractivity contribution is 0.0379. The molecule has 1 amide bonds. The Balaban J connectivity index is 1.81. The number of nitrogens with one attached hydrogen (secondary N) is 1. The maximum absolute atomic E-state index is 13.7. The van der Waals surface area contributed by atoms with Gasteiger partial charge in [0.25, 0.3) is 5.91 Å². The number of thiophene rings is 1. The first-order chi connectivity index (χ1) is 17.6. The lowest BCUT2D eigenvalue weighted by Crippen LogP contribution is -2.17. The average molecular weight is 521 g/mol. The Morgan fingerprint density at radius 1 is 1.14 bits per heavy atom. The van der Waals surface area contributed by atoms with Gasteiger partial charge in [-0.2, -0.15) is 5.10 Å². The Kier molecular flexibility index (Phi) is 7.40. The number of para-hydroxylation sites is 1. The van der Waals surface area contributed by atoms with Crippen LogP contribution in [0, 0.1) is 13.8 Å². The maximum atomic E-state index is 13.7. The van der Waals surface area contributed by atoms with E-state index in [0.717, 1.165) is 22.6 Å². The predicted octanol–water partition coefficient (Wildman–Crippen LogP) is 5.31. The van der Waals surface area contributed by atoms with Gasteiger partial charge in [-0.25, -0.2) is 14.6 Å². The number of amides is 1. The summed E-state index contributed by atoms with van der Waals surface area (Å²) in [6.45, 7) is 8.87. The molecule has 0 aliphatic carbocycles. The van der Waals surface area contributed by atoms with Crippen LogP contribution in [0.4, 0.5) is 5.00 Å². The highest BCUT2D eigenvalue weighted by Crippen LogP contribution is 2.35. The van der Waals surface area contributed by atoms with E-state index in [1.807, 2.05) is 44.4 Å². The quantitative estimate of drug-likeness (QED) is 0.329. The molecule has 1 N–H and O–H groups in total. The summed E-state index contributed by atoms with van der Waals surface area (Å²) in [5.41, 5.74) is 3.73. The summed E-state index contributed by atoms with van der Waals surface area (Å²) in [7, 11) is 1.82. The third kappa shape index (κ3) is 5.24. The molecule has 9 nitrogen and oxygen atoms in total. The molecule has 4 aromatic rings. The number of rotatable bonds is 7. The van der Waals surface area contributed by atoms with Crippen molar-refractivity contribution in [3.63, 3.8) is 0 Å². The number of ether oxygens (including phenoxy) is 2. The summed E-state index contributed by atoms with van der Waals surface area (Å²) in [5.74, 6) is -1.63. The Morgan fingerprint density at radius 3 is 2.51 bits per heavy atom. The molecule has 0 atom stereocenters. The molecule has 0 aliphatic heterocycles. The fraction of sp³-hybridized carbons (Fsp3) is 0.296. The number of fused-ring (bicyclic) bond motifs is 1. The van der Waals surface area contributed by atoms with Crippen LogP contribution in [0.15, 0.2) is 36.5 Å². The molecule has 4 rings (SSSR count). The summed E-state index contributed by atoms with van der Waals surface area (Å²) in [5, 5.41) is 8.11. The van der Waals surface area contributed by atoms with Crippen LogP contribution in [-0.4, -0.2) is 45.3 Å². The number of hydrogen-bond acceptors (Lipinski definition) is 8. The number of esters is 2. The zero-order valence-corrected chi connectivity index (χ0v) is 22.4. The van der Waals surface area contributed by atoms with Crippen molar-refractivity contribution in [2.45, 2.75) is 40.7 Å². The number of nitrogens with zero attached hydrogens (tertiary/aromatic N) is 3. The van der Waals surface area contributed by atoms with Gasteiger partial charge in [-0.05, 0) is 52.3 Å². The molecule has 10 heteroatoms. The number of carbonyl (C=O) groups excluding carboxylic acids is 3. The average Bonchev–Trinajstić information content (AvgIpc) is 3.35. The summed E-state index contributed by atoms with van der Waals surface area (Å²) in [6, 6.07) is 9.04. The molecule has 0 unspecified atom stereocenters. The number of aromatic nitrogens is 3. The first-order valence-corrected chi connectivity index (χ1v) is 12.7. The molecule has 0 spiro atoms. The van der Waals surface area contributed by atoms with E-state index in [1.165, 1.54) is 0 Å². The van der Waals surface area contributed by atoms with Gasteiger partial charge in [0, 0.05) is 24.2 Å². The molecule has 3 aromatic heterocycles. The van der Waals surface area contributed by atoms with E-state index < -0.39 is 17.8 Å². The van der Waals surface area contributed by atoms with Crippen LogP contribution in [0.25, 0.3) is 22.2 Å². The molecule has 0 aliphatic rings. The smallest absolute Gasteiger partial charge is 0.348 e. The standard InChI is InChI=1S/C27H28N4O5S/c1-7-35-27(34)23-15(4)22(26(33)36-14(2)3)25(37-23)29-24(32)18-12-21(19-13-31(6)30-16(19)5)28-20-11-9-8-10-17(18)20/h8-14H,7H2,1-6H3,(H,29,32). The van der Waals surface area contributed by atoms with Crippen molar-refractivity contribution in [3.05, 3.63) is 63.8 Å². The Bertz CT molecular complexity index is 1520. The van der Waals surface area contributed by atoms with Gasteiger partial charge in [0.05, 0.1) is 40.7 Å². The predicted molar refractivity (Wildman–Crippen MR) is 142 cm³/mol. The van der Waals surface area contributed by atoms with E-state index >= 15 is 0 Å². The molecule has 3 heterocycles. The van der Waals surface area contributed by atoms with Crippen molar-refractivity contribution in [2.24, 2.45) is 7.05 Å². The number of pyridine rings is 1. The van der Waals surface area contributed by atoms with Crippen molar-refractivity contribution < 1.29 is 23.9 Å². The second-order valence-electron chi connectivity index (χ2n) is 8.76. The maximum Gasteiger partial charge on any atom is 0.348 e. The third-order valence-electron chi connectivity index (χ3n) is 5.63. The van der Waals surface area contributed by atoms with E-state index in [1.54, 1.807) is 38.4 Å². The number of aryl methyl sites for hydroxylation is 2. The molecule has 0 radical (unpaired) electrons. The zero-order valence-electron chi connectivity index (χ0n) is 21.5. The molecule has 0 fully saturated rings. The molecule has 0 saturated carbocycles. The van der Waals surface area contributed by atoms with E-state index in [4.69, 9.17) is 14.5 Å². The summed E-state index contributed by atoms with van der Waals surface area (Å²) >= 11 is 0.988. The van der Waals surface area contributed by atoms with E-state index in [-0.39, 0.29) is 28.2 Å². The minimum Gasteiger partial charge on any atom is -0.462 e. The van der Waals surface area contributed by atoms with Crippen LogP contribution in [0.3, 0.4) is 0 Å². The van der Waals surface area contributed by atoms with Crippen molar-refractivity contribution in [1.29, 1.82) is 0 Å². The number of carbonyl (C=O) groups is 3. The Hall–Kier alpha value is -4.05. The second-order valence-corrected chi connectivity index (χ2v) is 9.78. The molecule has 0 bridgehead atoms. The largest absolute Gasteiger partial charge is 0.462 e. The normalized spacial score (nSPS) is 11.1. The van der Waals surface area contributed by atoms with Gasteiger partial charge in [-0.3, -0.25) is 9.48 Å². The Morgan fingerprint density at radius 2 is 1.86 bits per heavy atom. The summed E-state index contributed by atoms with van der Waals surface area (Å²) < 4.78 is 12.3. The van der Waals surface area contributed by atoms with Gasteiger partial charge in [0.15, 0.2) is 0 Å². The Labute approximate surface area is 218 Å². The SMILES string of the molecule is CCOC(=O)c1sc(NC(=O)c2cc(-c3cn(C)nc3C)nc3ccccc23)c(C(=O)OC(C)C)c1C. The third-order valence-corrected chi connectivity index (χ3v) is 6.82. The van der Waals surface area contributed by atoms with Crippen LogP contribution >= 0.6 is 11.3 Å². The van der Waals surface area contributed by atoms with Gasteiger partial charge in [-0.1, -0.05) is 18.2 Å². The summed E-state index contributed by atoms with van der Waals surface area (Å²) in [6.07, 6.45) is 1.47. The van der Waals surface area contributed by atoms with Crippen LogP contribution in [0.2, 0.25) is 0 Å². The highest BCUT2D eigenvalue weighted by molar-refractivity contribution is 7.18. The molecule has 192 valence electrons. The highest BCUT2D eigenvalue weighted by atomic mass is 32.1. The molecule has 1 aromatic carbocycles. The minimum absolute atomic E-state index is 0.136. The fourth-order valence-corrected chi connectivity index (χ4v) is 5.12. The highest BCUT2D eigenvalue weighted by Gasteiger charge is 2.28. The van der Waals surface area contributed by atoms with Crippen LogP contribution in [0.5, 0.6) is 0 Å². The van der Waals surface area contributed by atoms with E-state index in [9.17, 15) is 14.4 Å². The van der Waals surface area contributed by atoms with Crippen LogP contribution in [0.1, 0.15) is 62.4 Å². The minimum atomic E-state index is -0.624. The fourth-order valence-electron chi connectivity index (χ4n) is 4.03. The second kappa shape index (κ2) is 10.5. The topological polar surface area (TPSA) is 112 Å². The van der Waals surface area contributed by atoms with Crippen molar-refractivity contribution in [2.75, 3.05) is 11.9 Å². The molecular weight excluding hydrogens is 492 g/mol. The molecule has 0 saturated heterocycles. The van der Waals surface area contributed by atoms with Crippen molar-refractivity contribution in [3.8, 4) is 11.3 Å². The zero-order chi connectivity index (χ0) is 26.9. The monoisotopic (exact) mass is 520 g/mol. The number of benzene rings is 1. The van der Waals surface area contributed by atoms with Gasteiger partial charge in [0.1, 0.15) is 9.88 Å². The van der Waals surface area contributed by atoms with E-state index in [0.29, 0.717) is 27.7 Å². The lowest BCUT2D eigenvalue weighted by atomic mass is 10.0. The van der Waals surface area contributed by atoms with Gasteiger partial charge >= 0.3 is 11.9 Å². The van der Waals surface area contributed by atoms with Gasteiger partial charge < -0.3 is 14.8 Å². The van der Waals surface area contributed by atoms with Crippen molar-refractivity contribution >= 4 is 45.1 Å². The lowest BCUT2D eigenvalue weighted by Gasteiger charge is -2.12. The first-order valence-electron chi connectivity index (χ1n) is 11.8. The van der Waals surface area contributed by atoms with Gasteiger partial charge in [-0.15, -0.1) is 11.3 Å². The van der Waals surface area contributed by atoms with Crippen LogP contribution < -0.4 is 5.32 Å². The van der Waals surface area contributed by atoms with E-state index in [2.05, 4.69) is 10.4 Å². The van der Waals surface area contributed by atoms with Crippen molar-refractivity contribution in [1.82, 2.24) is 14.8 Å². The molecule has 37 heavy (non-hydrogen) atoms. The van der Waals surface area contributed by atoms with Crippen LogP contribution in [-0.2, 0) is 16.5 Å². The molecular formula is C27H28N4O5S. The first kappa shape index (κ1) is 26.0.